The van der Waals surface area contributed by atoms with Crippen molar-refractivity contribution in [2.75, 3.05) is 11.4 Å². The number of hydrogen-bond donors (Lipinski definition) is 0. The van der Waals surface area contributed by atoms with Gasteiger partial charge >= 0.3 is 0 Å². The van der Waals surface area contributed by atoms with E-state index in [-0.39, 0.29) is 0 Å². The van der Waals surface area contributed by atoms with Crippen LogP contribution in [-0.4, -0.2) is 17.6 Å². The molecule has 0 N–H and O–H groups in total. The van der Waals surface area contributed by atoms with Gasteiger partial charge in [0.15, 0.2) is 0 Å². The number of pyridine rings is 1. The van der Waals surface area contributed by atoms with E-state index in [4.69, 9.17) is 5.26 Å². The van der Waals surface area contributed by atoms with Crippen molar-refractivity contribution in [2.24, 2.45) is 5.92 Å². The molecule has 0 amide bonds. The van der Waals surface area contributed by atoms with E-state index < -0.39 is 0 Å². The number of nitrogens with zero attached hydrogens (tertiary/aromatic N) is 3. The lowest BCUT2D eigenvalue weighted by atomic mass is 9.93. The van der Waals surface area contributed by atoms with Gasteiger partial charge in [-0.1, -0.05) is 6.92 Å². The SMILES string of the molecule is CC1CCN(c2ccnc(C#N)c2)C(C)C1. The molecule has 0 bridgehead atoms. The summed E-state index contributed by atoms with van der Waals surface area (Å²) in [4.78, 5) is 6.38. The van der Waals surface area contributed by atoms with Crippen LogP contribution >= 0.6 is 0 Å². The molecule has 1 aliphatic rings. The summed E-state index contributed by atoms with van der Waals surface area (Å²) in [7, 11) is 0. The summed E-state index contributed by atoms with van der Waals surface area (Å²) in [6.07, 6.45) is 4.18. The van der Waals surface area contributed by atoms with Crippen LogP contribution < -0.4 is 4.90 Å². The molecule has 84 valence electrons. The molecule has 3 heteroatoms. The molecule has 2 rings (SSSR count). The smallest absolute Gasteiger partial charge is 0.142 e. The predicted octanol–water partition coefficient (Wildman–Crippen LogP) is 2.58. The summed E-state index contributed by atoms with van der Waals surface area (Å²) in [5, 5.41) is 8.84. The second-order valence-corrected chi connectivity index (χ2v) is 4.68. The summed E-state index contributed by atoms with van der Waals surface area (Å²) < 4.78 is 0. The number of aromatic nitrogens is 1. The molecule has 2 unspecified atom stereocenters. The van der Waals surface area contributed by atoms with Crippen LogP contribution in [0, 0.1) is 17.2 Å². The van der Waals surface area contributed by atoms with Crippen molar-refractivity contribution in [3.05, 3.63) is 24.0 Å². The molecule has 1 aromatic rings. The average Bonchev–Trinajstić information content (AvgIpc) is 2.29. The first-order valence-corrected chi connectivity index (χ1v) is 5.83. The van der Waals surface area contributed by atoms with E-state index in [1.54, 1.807) is 6.20 Å². The molecule has 0 aromatic carbocycles. The first-order valence-electron chi connectivity index (χ1n) is 5.83. The fraction of sp³-hybridized carbons (Fsp3) is 0.538. The van der Waals surface area contributed by atoms with E-state index in [1.165, 1.54) is 12.8 Å². The maximum absolute atomic E-state index is 8.84. The lowest BCUT2D eigenvalue weighted by Gasteiger charge is -2.38. The van der Waals surface area contributed by atoms with Gasteiger partial charge in [-0.25, -0.2) is 4.98 Å². The van der Waals surface area contributed by atoms with Crippen LogP contribution in [-0.2, 0) is 0 Å². The van der Waals surface area contributed by atoms with Gasteiger partial charge in [0.1, 0.15) is 11.8 Å². The van der Waals surface area contributed by atoms with Gasteiger partial charge in [-0.15, -0.1) is 0 Å². The largest absolute Gasteiger partial charge is 0.369 e. The van der Waals surface area contributed by atoms with Crippen LogP contribution in [0.3, 0.4) is 0 Å². The topological polar surface area (TPSA) is 39.9 Å². The van der Waals surface area contributed by atoms with Gasteiger partial charge in [0.2, 0.25) is 0 Å². The molecular formula is C13H17N3. The van der Waals surface area contributed by atoms with Crippen molar-refractivity contribution < 1.29 is 0 Å². The minimum Gasteiger partial charge on any atom is -0.369 e. The van der Waals surface area contributed by atoms with Crippen molar-refractivity contribution in [3.8, 4) is 6.07 Å². The van der Waals surface area contributed by atoms with Gasteiger partial charge in [-0.3, -0.25) is 0 Å². The molecule has 1 saturated heterocycles. The first-order chi connectivity index (χ1) is 7.70. The summed E-state index contributed by atoms with van der Waals surface area (Å²) in [6.45, 7) is 5.64. The van der Waals surface area contributed by atoms with Crippen molar-refractivity contribution in [1.82, 2.24) is 4.98 Å². The summed E-state index contributed by atoms with van der Waals surface area (Å²) in [5.41, 5.74) is 1.63. The van der Waals surface area contributed by atoms with Crippen molar-refractivity contribution >= 4 is 5.69 Å². The third-order valence-electron chi connectivity index (χ3n) is 3.33. The van der Waals surface area contributed by atoms with Crippen molar-refractivity contribution in [1.29, 1.82) is 5.26 Å². The Balaban J connectivity index is 2.20. The molecule has 1 fully saturated rings. The van der Waals surface area contributed by atoms with Crippen LogP contribution in [0.25, 0.3) is 0 Å². The Morgan fingerprint density at radius 3 is 3.00 bits per heavy atom. The number of hydrogen-bond acceptors (Lipinski definition) is 3. The summed E-state index contributed by atoms with van der Waals surface area (Å²) in [6, 6.07) is 6.52. The third kappa shape index (κ3) is 2.16. The average molecular weight is 215 g/mol. The first kappa shape index (κ1) is 10.9. The Kier molecular flexibility index (Phi) is 3.09. The molecule has 3 nitrogen and oxygen atoms in total. The van der Waals surface area contributed by atoms with Crippen molar-refractivity contribution in [2.45, 2.75) is 32.7 Å². The highest BCUT2D eigenvalue weighted by molar-refractivity contribution is 5.49. The van der Waals surface area contributed by atoms with Gasteiger partial charge in [-0.05, 0) is 37.8 Å². The lowest BCUT2D eigenvalue weighted by molar-refractivity contribution is 0.378. The van der Waals surface area contributed by atoms with E-state index in [2.05, 4.69) is 29.8 Å². The number of anilines is 1. The quantitative estimate of drug-likeness (QED) is 0.723. The second kappa shape index (κ2) is 4.52. The molecule has 0 saturated carbocycles. The highest BCUT2D eigenvalue weighted by atomic mass is 15.2. The summed E-state index contributed by atoms with van der Waals surface area (Å²) >= 11 is 0. The van der Waals surface area contributed by atoms with Crippen LogP contribution in [0.5, 0.6) is 0 Å². The van der Waals surface area contributed by atoms with Gasteiger partial charge in [-0.2, -0.15) is 5.26 Å². The number of piperidine rings is 1. The Morgan fingerprint density at radius 1 is 1.50 bits per heavy atom. The van der Waals surface area contributed by atoms with E-state index in [0.717, 1.165) is 18.2 Å². The lowest BCUT2D eigenvalue weighted by Crippen LogP contribution is -2.40. The number of nitriles is 1. The predicted molar refractivity (Wildman–Crippen MR) is 64.2 cm³/mol. The van der Waals surface area contributed by atoms with Crippen LogP contribution in [0.1, 0.15) is 32.4 Å². The molecule has 1 aliphatic heterocycles. The molecule has 16 heavy (non-hydrogen) atoms. The van der Waals surface area contributed by atoms with Crippen LogP contribution in [0.2, 0.25) is 0 Å². The molecule has 2 atom stereocenters. The van der Waals surface area contributed by atoms with Gasteiger partial charge in [0.05, 0.1) is 0 Å². The Hall–Kier alpha value is -1.56. The fourth-order valence-corrected chi connectivity index (χ4v) is 2.45. The molecular weight excluding hydrogens is 198 g/mol. The highest BCUT2D eigenvalue weighted by Crippen LogP contribution is 2.27. The van der Waals surface area contributed by atoms with E-state index in [0.29, 0.717) is 11.7 Å². The normalized spacial score (nSPS) is 25.2. The zero-order valence-corrected chi connectivity index (χ0v) is 9.85. The molecule has 0 radical (unpaired) electrons. The van der Waals surface area contributed by atoms with Crippen LogP contribution in [0.4, 0.5) is 5.69 Å². The van der Waals surface area contributed by atoms with Gasteiger partial charge in [0.25, 0.3) is 0 Å². The standard InChI is InChI=1S/C13H17N3/c1-10-4-6-16(11(2)7-10)13-3-5-15-12(8-13)9-14/h3,5,8,10-11H,4,6-7H2,1-2H3. The monoisotopic (exact) mass is 215 g/mol. The molecule has 0 aliphatic carbocycles. The molecule has 0 spiro atoms. The minimum absolute atomic E-state index is 0.503. The highest BCUT2D eigenvalue weighted by Gasteiger charge is 2.23. The van der Waals surface area contributed by atoms with Gasteiger partial charge in [0, 0.05) is 24.5 Å². The minimum atomic E-state index is 0.503. The van der Waals surface area contributed by atoms with E-state index >= 15 is 0 Å². The zero-order valence-electron chi connectivity index (χ0n) is 9.85. The zero-order chi connectivity index (χ0) is 11.5. The maximum Gasteiger partial charge on any atom is 0.142 e. The third-order valence-corrected chi connectivity index (χ3v) is 3.33. The van der Waals surface area contributed by atoms with E-state index in [1.807, 2.05) is 12.1 Å². The maximum atomic E-state index is 8.84. The fourth-order valence-electron chi connectivity index (χ4n) is 2.45. The Labute approximate surface area is 96.7 Å². The Bertz CT molecular complexity index is 408. The van der Waals surface area contributed by atoms with E-state index in [9.17, 15) is 0 Å². The molecule has 1 aromatic heterocycles. The second-order valence-electron chi connectivity index (χ2n) is 4.68. The Morgan fingerprint density at radius 2 is 2.31 bits per heavy atom. The van der Waals surface area contributed by atoms with Crippen molar-refractivity contribution in [3.63, 3.8) is 0 Å². The van der Waals surface area contributed by atoms with Crippen LogP contribution in [0.15, 0.2) is 18.3 Å². The number of rotatable bonds is 1. The summed E-state index contributed by atoms with van der Waals surface area (Å²) in [5.74, 6) is 0.809. The molecule has 2 heterocycles. The van der Waals surface area contributed by atoms with Gasteiger partial charge < -0.3 is 4.90 Å².